The number of hydrogen-bond donors (Lipinski definition) is 1. The van der Waals surface area contributed by atoms with Crippen molar-refractivity contribution in [3.63, 3.8) is 0 Å². The second-order valence-corrected chi connectivity index (χ2v) is 3.38. The highest BCUT2D eigenvalue weighted by molar-refractivity contribution is 5.60. The van der Waals surface area contributed by atoms with Gasteiger partial charge in [-0.15, -0.1) is 0 Å². The molecule has 0 bridgehead atoms. The van der Waals surface area contributed by atoms with Gasteiger partial charge < -0.3 is 10.1 Å². The normalized spacial score (nSPS) is 10.0. The smallest absolute Gasteiger partial charge is 0.144 e. The largest absolute Gasteiger partial charge is 0.492 e. The number of rotatable bonds is 4. The van der Waals surface area contributed by atoms with E-state index in [9.17, 15) is 0 Å². The Bertz CT molecular complexity index is 501. The maximum atomic E-state index is 5.40. The van der Waals surface area contributed by atoms with Crippen LogP contribution in [0, 0.1) is 0 Å². The van der Waals surface area contributed by atoms with Gasteiger partial charge in [-0.25, -0.2) is 4.98 Å². The summed E-state index contributed by atoms with van der Waals surface area (Å²) in [6.45, 7) is 2.56. The summed E-state index contributed by atoms with van der Waals surface area (Å²) in [5.41, 5.74) is 1.66. The average Bonchev–Trinajstić information content (AvgIpc) is 2.40. The van der Waals surface area contributed by atoms with Crippen molar-refractivity contribution in [1.29, 1.82) is 0 Å². The van der Waals surface area contributed by atoms with Crippen LogP contribution in [0.1, 0.15) is 6.92 Å². The summed E-state index contributed by atoms with van der Waals surface area (Å²) in [4.78, 5) is 12.6. The Labute approximate surface area is 99.9 Å². The van der Waals surface area contributed by atoms with Crippen molar-refractivity contribution in [2.24, 2.45) is 0 Å². The lowest BCUT2D eigenvalue weighted by Crippen LogP contribution is -1.96. The second-order valence-electron chi connectivity index (χ2n) is 3.38. The van der Waals surface area contributed by atoms with Crippen LogP contribution in [-0.2, 0) is 0 Å². The number of pyridine rings is 1. The maximum absolute atomic E-state index is 5.40. The number of nitrogens with one attached hydrogen (secondary N) is 1. The van der Waals surface area contributed by atoms with Crippen LogP contribution in [0.5, 0.6) is 5.75 Å². The minimum absolute atomic E-state index is 0.618. The fraction of sp³-hybridized carbons (Fsp3) is 0.250. The minimum atomic E-state index is 0.618. The Hall–Kier alpha value is -2.17. The van der Waals surface area contributed by atoms with Gasteiger partial charge in [0, 0.05) is 18.8 Å². The van der Waals surface area contributed by atoms with E-state index in [4.69, 9.17) is 4.74 Å². The molecule has 0 saturated carbocycles. The van der Waals surface area contributed by atoms with Gasteiger partial charge in [-0.05, 0) is 13.0 Å². The zero-order valence-electron chi connectivity index (χ0n) is 9.84. The maximum Gasteiger partial charge on any atom is 0.144 e. The van der Waals surface area contributed by atoms with Gasteiger partial charge in [-0.2, -0.15) is 0 Å². The van der Waals surface area contributed by atoms with Crippen LogP contribution in [0.3, 0.4) is 0 Å². The molecular weight excluding hydrogens is 216 g/mol. The SMILES string of the molecule is CCOc1cncc(-c2cncc(NC)n2)c1. The van der Waals surface area contributed by atoms with Gasteiger partial charge in [0.25, 0.3) is 0 Å². The zero-order valence-corrected chi connectivity index (χ0v) is 9.84. The lowest BCUT2D eigenvalue weighted by molar-refractivity contribution is 0.339. The second kappa shape index (κ2) is 5.25. The molecule has 0 fully saturated rings. The minimum Gasteiger partial charge on any atom is -0.492 e. The number of anilines is 1. The van der Waals surface area contributed by atoms with Gasteiger partial charge in [0.15, 0.2) is 0 Å². The highest BCUT2D eigenvalue weighted by Gasteiger charge is 2.03. The van der Waals surface area contributed by atoms with Gasteiger partial charge in [-0.1, -0.05) is 0 Å². The molecule has 0 atom stereocenters. The summed E-state index contributed by atoms with van der Waals surface area (Å²) in [5, 5.41) is 2.95. The molecule has 0 aromatic carbocycles. The summed E-state index contributed by atoms with van der Waals surface area (Å²) in [6.07, 6.45) is 6.80. The number of hydrogen-bond acceptors (Lipinski definition) is 5. The molecule has 0 amide bonds. The van der Waals surface area contributed by atoms with E-state index in [2.05, 4.69) is 20.3 Å². The molecule has 0 aliphatic carbocycles. The first kappa shape index (κ1) is 11.3. The van der Waals surface area contributed by atoms with Gasteiger partial charge in [-0.3, -0.25) is 9.97 Å². The lowest BCUT2D eigenvalue weighted by atomic mass is 10.2. The van der Waals surface area contributed by atoms with Crippen LogP contribution in [0.4, 0.5) is 5.82 Å². The van der Waals surface area contributed by atoms with Crippen molar-refractivity contribution in [3.8, 4) is 17.0 Å². The Morgan fingerprint density at radius 1 is 1.18 bits per heavy atom. The van der Waals surface area contributed by atoms with E-state index in [0.717, 1.165) is 22.8 Å². The summed E-state index contributed by atoms with van der Waals surface area (Å²) in [6, 6.07) is 1.90. The highest BCUT2D eigenvalue weighted by atomic mass is 16.5. The molecule has 0 radical (unpaired) electrons. The van der Waals surface area contributed by atoms with Crippen molar-refractivity contribution in [1.82, 2.24) is 15.0 Å². The summed E-state index contributed by atoms with van der Waals surface area (Å²) >= 11 is 0. The Morgan fingerprint density at radius 2 is 2.00 bits per heavy atom. The molecule has 2 heterocycles. The van der Waals surface area contributed by atoms with Gasteiger partial charge >= 0.3 is 0 Å². The third-order valence-corrected chi connectivity index (χ3v) is 2.21. The molecule has 0 unspecified atom stereocenters. The molecule has 5 heteroatoms. The van der Waals surface area contributed by atoms with Crippen LogP contribution in [0.15, 0.2) is 30.9 Å². The predicted molar refractivity (Wildman–Crippen MR) is 66.0 cm³/mol. The fourth-order valence-corrected chi connectivity index (χ4v) is 1.43. The Balaban J connectivity index is 2.34. The molecule has 2 aromatic heterocycles. The van der Waals surface area contributed by atoms with E-state index >= 15 is 0 Å². The van der Waals surface area contributed by atoms with Crippen LogP contribution in [0.25, 0.3) is 11.3 Å². The van der Waals surface area contributed by atoms with E-state index < -0.39 is 0 Å². The molecule has 2 rings (SSSR count). The third kappa shape index (κ3) is 2.69. The Kier molecular flexibility index (Phi) is 3.49. The zero-order chi connectivity index (χ0) is 12.1. The lowest BCUT2D eigenvalue weighted by Gasteiger charge is -2.06. The topological polar surface area (TPSA) is 59.9 Å². The number of ether oxygens (including phenoxy) is 1. The molecule has 0 aliphatic heterocycles. The average molecular weight is 230 g/mol. The standard InChI is InChI=1S/C12H14N4O/c1-3-17-10-4-9(5-14-6-10)11-7-15-8-12(13-2)16-11/h4-8H,3H2,1-2H3,(H,13,16). The molecule has 0 spiro atoms. The van der Waals surface area contributed by atoms with E-state index in [1.165, 1.54) is 0 Å². The highest BCUT2D eigenvalue weighted by Crippen LogP contribution is 2.21. The summed E-state index contributed by atoms with van der Waals surface area (Å²) < 4.78 is 5.40. The first-order valence-electron chi connectivity index (χ1n) is 5.41. The van der Waals surface area contributed by atoms with Crippen LogP contribution in [-0.4, -0.2) is 28.6 Å². The summed E-state index contributed by atoms with van der Waals surface area (Å²) in [7, 11) is 1.81. The first-order chi connectivity index (χ1) is 8.33. The Morgan fingerprint density at radius 3 is 2.76 bits per heavy atom. The number of nitrogens with zero attached hydrogens (tertiary/aromatic N) is 3. The molecule has 17 heavy (non-hydrogen) atoms. The van der Waals surface area contributed by atoms with Gasteiger partial charge in [0.05, 0.1) is 30.9 Å². The molecule has 0 aliphatic rings. The van der Waals surface area contributed by atoms with Crippen molar-refractivity contribution in [3.05, 3.63) is 30.9 Å². The number of aromatic nitrogens is 3. The molecule has 1 N–H and O–H groups in total. The van der Waals surface area contributed by atoms with Crippen LogP contribution in [0.2, 0.25) is 0 Å². The molecule has 2 aromatic rings. The predicted octanol–water partition coefficient (Wildman–Crippen LogP) is 1.98. The molecule has 0 saturated heterocycles. The van der Waals surface area contributed by atoms with Crippen molar-refractivity contribution in [2.75, 3.05) is 19.0 Å². The van der Waals surface area contributed by atoms with Crippen molar-refractivity contribution >= 4 is 5.82 Å². The van der Waals surface area contributed by atoms with E-state index in [1.54, 1.807) is 24.8 Å². The van der Waals surface area contributed by atoms with Gasteiger partial charge in [0.2, 0.25) is 0 Å². The third-order valence-electron chi connectivity index (χ3n) is 2.21. The van der Waals surface area contributed by atoms with E-state index in [0.29, 0.717) is 6.61 Å². The molecule has 88 valence electrons. The van der Waals surface area contributed by atoms with Crippen molar-refractivity contribution in [2.45, 2.75) is 6.92 Å². The monoisotopic (exact) mass is 230 g/mol. The van der Waals surface area contributed by atoms with E-state index in [-0.39, 0.29) is 0 Å². The van der Waals surface area contributed by atoms with Crippen LogP contribution < -0.4 is 10.1 Å². The van der Waals surface area contributed by atoms with Crippen molar-refractivity contribution < 1.29 is 4.74 Å². The van der Waals surface area contributed by atoms with Crippen LogP contribution >= 0.6 is 0 Å². The van der Waals surface area contributed by atoms with E-state index in [1.807, 2.05) is 20.0 Å². The molecular formula is C12H14N4O. The van der Waals surface area contributed by atoms with Gasteiger partial charge in [0.1, 0.15) is 11.6 Å². The quantitative estimate of drug-likeness (QED) is 0.870. The fourth-order valence-electron chi connectivity index (χ4n) is 1.43. The first-order valence-corrected chi connectivity index (χ1v) is 5.41. The summed E-state index contributed by atoms with van der Waals surface area (Å²) in [5.74, 6) is 1.46. The molecule has 5 nitrogen and oxygen atoms in total.